The van der Waals surface area contributed by atoms with E-state index in [9.17, 15) is 0 Å². The predicted molar refractivity (Wildman–Crippen MR) is 127 cm³/mol. The first-order valence-electron chi connectivity index (χ1n) is 10.4. The molecule has 0 aliphatic heterocycles. The first kappa shape index (κ1) is 25.2. The van der Waals surface area contributed by atoms with Gasteiger partial charge in [0.1, 0.15) is 5.76 Å². The molecule has 1 aliphatic rings. The smallest absolute Gasteiger partial charge is 0.191 e. The molecule has 0 bridgehead atoms. The minimum Gasteiger partial charge on any atom is -0.469 e. The Labute approximate surface area is 187 Å². The minimum atomic E-state index is 0. The lowest BCUT2D eigenvalue weighted by atomic mass is 9.86. The molecule has 2 rings (SSSR count). The molecule has 1 heterocycles. The Morgan fingerprint density at radius 2 is 2.00 bits per heavy atom. The van der Waals surface area contributed by atoms with Gasteiger partial charge in [-0.3, -0.25) is 4.99 Å². The van der Waals surface area contributed by atoms with Gasteiger partial charge in [-0.2, -0.15) is 0 Å². The van der Waals surface area contributed by atoms with Gasteiger partial charge in [0.25, 0.3) is 0 Å². The van der Waals surface area contributed by atoms with Crippen LogP contribution in [0.15, 0.2) is 27.8 Å². The van der Waals surface area contributed by atoms with Crippen molar-refractivity contribution in [3.63, 3.8) is 0 Å². The molecule has 0 aromatic carbocycles. The largest absolute Gasteiger partial charge is 0.469 e. The van der Waals surface area contributed by atoms with Crippen molar-refractivity contribution in [3.8, 4) is 0 Å². The van der Waals surface area contributed by atoms with Gasteiger partial charge in [-0.15, -0.1) is 24.0 Å². The summed E-state index contributed by atoms with van der Waals surface area (Å²) in [4.78, 5) is 7.27. The van der Waals surface area contributed by atoms with Gasteiger partial charge in [0.15, 0.2) is 5.96 Å². The third kappa shape index (κ3) is 9.60. The van der Waals surface area contributed by atoms with Gasteiger partial charge in [-0.05, 0) is 52.4 Å². The van der Waals surface area contributed by atoms with E-state index in [-0.39, 0.29) is 24.0 Å². The quantitative estimate of drug-likeness (QED) is 0.197. The first-order chi connectivity index (χ1) is 13.1. The van der Waals surface area contributed by atoms with Crippen LogP contribution in [0.3, 0.4) is 0 Å². The van der Waals surface area contributed by atoms with Crippen LogP contribution >= 0.6 is 24.0 Å². The number of ether oxygens (including phenoxy) is 1. The zero-order valence-electron chi connectivity index (χ0n) is 17.8. The fourth-order valence-corrected chi connectivity index (χ4v) is 3.87. The second kappa shape index (κ2) is 14.2. The average Bonchev–Trinajstić information content (AvgIpc) is 3.31. The summed E-state index contributed by atoms with van der Waals surface area (Å²) in [5.74, 6) is 1.90. The van der Waals surface area contributed by atoms with Crippen LogP contribution in [0.5, 0.6) is 0 Å². The van der Waals surface area contributed by atoms with Gasteiger partial charge in [0, 0.05) is 51.2 Å². The van der Waals surface area contributed by atoms with Gasteiger partial charge >= 0.3 is 0 Å². The summed E-state index contributed by atoms with van der Waals surface area (Å²) in [6.07, 6.45) is 8.77. The number of nitrogens with one attached hydrogen (secondary N) is 2. The number of hydrogen-bond acceptors (Lipinski definition) is 4. The molecule has 162 valence electrons. The van der Waals surface area contributed by atoms with Crippen LogP contribution in [-0.4, -0.2) is 64.3 Å². The maximum Gasteiger partial charge on any atom is 0.191 e. The van der Waals surface area contributed by atoms with Gasteiger partial charge < -0.3 is 24.7 Å². The van der Waals surface area contributed by atoms with E-state index < -0.39 is 0 Å². The molecule has 7 heteroatoms. The van der Waals surface area contributed by atoms with Crippen molar-refractivity contribution in [2.24, 2.45) is 10.4 Å². The SMILES string of the molecule is CCOCCCNC(=NCC1(CN(C)C)CCCC1)NCCc1ccco1.I. The van der Waals surface area contributed by atoms with E-state index in [4.69, 9.17) is 14.1 Å². The van der Waals surface area contributed by atoms with Crippen molar-refractivity contribution >= 4 is 29.9 Å². The lowest BCUT2D eigenvalue weighted by molar-refractivity contribution is 0.145. The number of furan rings is 1. The van der Waals surface area contributed by atoms with Gasteiger partial charge in [0.2, 0.25) is 0 Å². The molecule has 0 amide bonds. The molecule has 1 aromatic heterocycles. The van der Waals surface area contributed by atoms with E-state index >= 15 is 0 Å². The number of guanidine groups is 1. The van der Waals surface area contributed by atoms with E-state index in [1.807, 2.05) is 19.1 Å². The highest BCUT2D eigenvalue weighted by Gasteiger charge is 2.34. The standard InChI is InChI=1S/C21H38N4O2.HI/c1-4-26-15-8-13-22-20(23-14-10-19-9-7-16-27-19)24-17-21(18-25(2)3)11-5-6-12-21;/h7,9,16H,4-6,8,10-15,17-18H2,1-3H3,(H2,22,23,24);1H. The summed E-state index contributed by atoms with van der Waals surface area (Å²) in [5, 5.41) is 6.94. The molecule has 1 aliphatic carbocycles. The van der Waals surface area contributed by atoms with Crippen molar-refractivity contribution in [1.82, 2.24) is 15.5 Å². The highest BCUT2D eigenvalue weighted by Crippen LogP contribution is 2.38. The number of aliphatic imine (C=N–C) groups is 1. The maximum absolute atomic E-state index is 5.43. The van der Waals surface area contributed by atoms with Crippen molar-refractivity contribution in [2.75, 3.05) is 53.5 Å². The summed E-state index contributed by atoms with van der Waals surface area (Å²) in [6.45, 7) is 7.26. The van der Waals surface area contributed by atoms with Crippen LogP contribution in [0.25, 0.3) is 0 Å². The second-order valence-electron chi connectivity index (χ2n) is 7.84. The second-order valence-corrected chi connectivity index (χ2v) is 7.84. The van der Waals surface area contributed by atoms with Crippen molar-refractivity contribution < 1.29 is 9.15 Å². The summed E-state index contributed by atoms with van der Waals surface area (Å²) >= 11 is 0. The molecular weight excluding hydrogens is 467 g/mol. The van der Waals surface area contributed by atoms with Crippen LogP contribution in [0.2, 0.25) is 0 Å². The molecular formula is C21H39IN4O2. The summed E-state index contributed by atoms with van der Waals surface area (Å²) in [5.41, 5.74) is 0.324. The molecule has 1 fully saturated rings. The lowest BCUT2D eigenvalue weighted by Crippen LogP contribution is -2.41. The Balaban J connectivity index is 0.00000392. The maximum atomic E-state index is 5.43. The van der Waals surface area contributed by atoms with E-state index in [0.29, 0.717) is 5.41 Å². The normalized spacial score (nSPS) is 16.2. The van der Waals surface area contributed by atoms with Crippen LogP contribution in [0.1, 0.15) is 44.8 Å². The molecule has 28 heavy (non-hydrogen) atoms. The molecule has 0 radical (unpaired) electrons. The van der Waals surface area contributed by atoms with E-state index in [1.165, 1.54) is 25.7 Å². The Hall–Kier alpha value is -0.800. The molecule has 0 unspecified atom stereocenters. The number of nitrogens with zero attached hydrogens (tertiary/aromatic N) is 2. The van der Waals surface area contributed by atoms with E-state index in [0.717, 1.165) is 64.0 Å². The Bertz CT molecular complexity index is 529. The van der Waals surface area contributed by atoms with Gasteiger partial charge in [-0.25, -0.2) is 0 Å². The van der Waals surface area contributed by atoms with Gasteiger partial charge in [0.05, 0.1) is 6.26 Å². The first-order valence-corrected chi connectivity index (χ1v) is 10.4. The molecule has 0 saturated heterocycles. The monoisotopic (exact) mass is 506 g/mol. The molecule has 1 aromatic rings. The zero-order chi connectivity index (χ0) is 19.4. The van der Waals surface area contributed by atoms with Crippen LogP contribution < -0.4 is 10.6 Å². The number of rotatable bonds is 12. The molecule has 6 nitrogen and oxygen atoms in total. The minimum absolute atomic E-state index is 0. The topological polar surface area (TPSA) is 62.0 Å². The Kier molecular flexibility index (Phi) is 12.8. The molecule has 2 N–H and O–H groups in total. The van der Waals surface area contributed by atoms with Crippen LogP contribution in [0, 0.1) is 5.41 Å². The van der Waals surface area contributed by atoms with E-state index in [2.05, 4.69) is 29.6 Å². The predicted octanol–water partition coefficient (Wildman–Crippen LogP) is 3.52. The summed E-state index contributed by atoms with van der Waals surface area (Å²) < 4.78 is 10.8. The van der Waals surface area contributed by atoms with Crippen LogP contribution in [0.4, 0.5) is 0 Å². The number of hydrogen-bond donors (Lipinski definition) is 2. The summed E-state index contributed by atoms with van der Waals surface area (Å²) in [6, 6.07) is 3.94. The highest BCUT2D eigenvalue weighted by molar-refractivity contribution is 14.0. The van der Waals surface area contributed by atoms with Crippen molar-refractivity contribution in [3.05, 3.63) is 24.2 Å². The highest BCUT2D eigenvalue weighted by atomic mass is 127. The molecule has 1 saturated carbocycles. The Morgan fingerprint density at radius 1 is 1.25 bits per heavy atom. The van der Waals surface area contributed by atoms with Crippen molar-refractivity contribution in [2.45, 2.75) is 45.4 Å². The third-order valence-corrected chi connectivity index (χ3v) is 5.09. The lowest BCUT2D eigenvalue weighted by Gasteiger charge is -2.30. The fraction of sp³-hybridized carbons (Fsp3) is 0.762. The zero-order valence-corrected chi connectivity index (χ0v) is 20.2. The van der Waals surface area contributed by atoms with Gasteiger partial charge in [-0.1, -0.05) is 12.8 Å². The Morgan fingerprint density at radius 3 is 2.64 bits per heavy atom. The fourth-order valence-electron chi connectivity index (χ4n) is 3.87. The average molecular weight is 506 g/mol. The van der Waals surface area contributed by atoms with Crippen LogP contribution in [-0.2, 0) is 11.2 Å². The molecule has 0 atom stereocenters. The number of halogens is 1. The van der Waals surface area contributed by atoms with E-state index in [1.54, 1.807) is 6.26 Å². The third-order valence-electron chi connectivity index (χ3n) is 5.09. The molecule has 0 spiro atoms. The summed E-state index contributed by atoms with van der Waals surface area (Å²) in [7, 11) is 4.33. The van der Waals surface area contributed by atoms with Crippen molar-refractivity contribution in [1.29, 1.82) is 0 Å².